The van der Waals surface area contributed by atoms with E-state index in [1.165, 1.54) is 18.2 Å². The van der Waals surface area contributed by atoms with Crippen molar-refractivity contribution in [3.8, 4) is 0 Å². The number of benzene rings is 2. The summed E-state index contributed by atoms with van der Waals surface area (Å²) in [4.78, 5) is 12.1. The van der Waals surface area contributed by atoms with Crippen LogP contribution in [0.4, 0.5) is 4.39 Å². The molecule has 0 saturated carbocycles. The number of hydrogen-bond acceptors (Lipinski definition) is 3. The minimum absolute atomic E-state index is 0.129. The van der Waals surface area contributed by atoms with Crippen LogP contribution in [-0.4, -0.2) is 31.7 Å². The van der Waals surface area contributed by atoms with Crippen LogP contribution in [0.1, 0.15) is 11.6 Å². The first-order chi connectivity index (χ1) is 11.0. The Labute approximate surface area is 133 Å². The van der Waals surface area contributed by atoms with E-state index in [1.54, 1.807) is 30.3 Å². The minimum Gasteiger partial charge on any atom is -0.353 e. The number of rotatable bonds is 3. The zero-order valence-electron chi connectivity index (χ0n) is 12.1. The Hall–Kier alpha value is -2.25. The molecule has 120 valence electrons. The van der Waals surface area contributed by atoms with E-state index in [2.05, 4.69) is 5.32 Å². The lowest BCUT2D eigenvalue weighted by atomic mass is 10.1. The number of halogens is 1. The van der Waals surface area contributed by atoms with Crippen molar-refractivity contribution >= 4 is 15.9 Å². The molecule has 5 nitrogen and oxygen atoms in total. The van der Waals surface area contributed by atoms with Gasteiger partial charge in [0.2, 0.25) is 15.9 Å². The van der Waals surface area contributed by atoms with Crippen LogP contribution < -0.4 is 5.32 Å². The Morgan fingerprint density at radius 3 is 2.52 bits per heavy atom. The SMILES string of the molecule is O=C1NCCN(S(=O)(=O)c2cccc(F)c2)[C@H]1c1ccccc1. The van der Waals surface area contributed by atoms with Gasteiger partial charge in [-0.15, -0.1) is 0 Å². The summed E-state index contributed by atoms with van der Waals surface area (Å²) >= 11 is 0. The monoisotopic (exact) mass is 334 g/mol. The van der Waals surface area contributed by atoms with E-state index in [0.29, 0.717) is 5.56 Å². The average molecular weight is 334 g/mol. The molecule has 1 fully saturated rings. The first kappa shape index (κ1) is 15.6. The van der Waals surface area contributed by atoms with Gasteiger partial charge in [0.05, 0.1) is 4.90 Å². The molecule has 1 aliphatic heterocycles. The Balaban J connectivity index is 2.06. The molecule has 0 bridgehead atoms. The maximum Gasteiger partial charge on any atom is 0.244 e. The van der Waals surface area contributed by atoms with Gasteiger partial charge in [0, 0.05) is 13.1 Å². The third-order valence-electron chi connectivity index (χ3n) is 3.69. The Morgan fingerprint density at radius 1 is 1.09 bits per heavy atom. The van der Waals surface area contributed by atoms with Gasteiger partial charge in [-0.05, 0) is 23.8 Å². The molecule has 1 N–H and O–H groups in total. The quantitative estimate of drug-likeness (QED) is 0.929. The van der Waals surface area contributed by atoms with E-state index in [4.69, 9.17) is 0 Å². The van der Waals surface area contributed by atoms with E-state index in [1.807, 2.05) is 0 Å². The predicted octanol–water partition coefficient (Wildman–Crippen LogP) is 1.69. The number of hydrogen-bond donors (Lipinski definition) is 1. The smallest absolute Gasteiger partial charge is 0.244 e. The number of amides is 1. The van der Waals surface area contributed by atoms with Crippen molar-refractivity contribution in [1.29, 1.82) is 0 Å². The van der Waals surface area contributed by atoms with Crippen molar-refractivity contribution in [1.82, 2.24) is 9.62 Å². The van der Waals surface area contributed by atoms with Gasteiger partial charge >= 0.3 is 0 Å². The second-order valence-corrected chi connectivity index (χ2v) is 7.07. The zero-order valence-corrected chi connectivity index (χ0v) is 13.0. The van der Waals surface area contributed by atoms with Gasteiger partial charge in [-0.3, -0.25) is 4.79 Å². The molecule has 1 aliphatic rings. The second-order valence-electron chi connectivity index (χ2n) is 5.18. The van der Waals surface area contributed by atoms with Crippen LogP contribution in [0.2, 0.25) is 0 Å². The van der Waals surface area contributed by atoms with Crippen molar-refractivity contribution < 1.29 is 17.6 Å². The van der Waals surface area contributed by atoms with Crippen molar-refractivity contribution in [3.05, 3.63) is 66.0 Å². The number of carbonyl (C=O) groups is 1. The lowest BCUT2D eigenvalue weighted by molar-refractivity contribution is -0.126. The third kappa shape index (κ3) is 2.97. The normalized spacial score (nSPS) is 19.3. The standard InChI is InChI=1S/C16H15FN2O3S/c17-13-7-4-8-14(11-13)23(21,22)19-10-9-18-16(20)15(19)12-5-2-1-3-6-12/h1-8,11,15H,9-10H2,(H,18,20)/t15-/m0/s1. The van der Waals surface area contributed by atoms with Gasteiger partial charge < -0.3 is 5.32 Å². The Morgan fingerprint density at radius 2 is 1.83 bits per heavy atom. The molecule has 2 aromatic carbocycles. The van der Waals surface area contributed by atoms with Crippen molar-refractivity contribution in [2.24, 2.45) is 0 Å². The fraction of sp³-hybridized carbons (Fsp3) is 0.188. The summed E-state index contributed by atoms with van der Waals surface area (Å²) in [5.74, 6) is -1.02. The van der Waals surface area contributed by atoms with Gasteiger partial charge in [-0.2, -0.15) is 4.31 Å². The first-order valence-electron chi connectivity index (χ1n) is 7.10. The summed E-state index contributed by atoms with van der Waals surface area (Å²) in [5, 5.41) is 2.68. The summed E-state index contributed by atoms with van der Waals surface area (Å²) in [6.07, 6.45) is 0. The van der Waals surface area contributed by atoms with Crippen LogP contribution in [0, 0.1) is 5.82 Å². The second kappa shape index (κ2) is 6.10. The third-order valence-corrected chi connectivity index (χ3v) is 5.55. The maximum absolute atomic E-state index is 13.4. The molecule has 7 heteroatoms. The van der Waals surface area contributed by atoms with Crippen LogP contribution >= 0.6 is 0 Å². The van der Waals surface area contributed by atoms with Crippen LogP contribution in [0.25, 0.3) is 0 Å². The van der Waals surface area contributed by atoms with E-state index in [0.717, 1.165) is 10.4 Å². The number of sulfonamides is 1. The molecule has 0 aromatic heterocycles. The summed E-state index contributed by atoms with van der Waals surface area (Å²) in [6.45, 7) is 0.348. The number of nitrogens with one attached hydrogen (secondary N) is 1. The highest BCUT2D eigenvalue weighted by Crippen LogP contribution is 2.29. The summed E-state index contributed by atoms with van der Waals surface area (Å²) in [6, 6.07) is 12.5. The minimum atomic E-state index is -3.98. The Kier molecular flexibility index (Phi) is 4.14. The summed E-state index contributed by atoms with van der Waals surface area (Å²) in [5.41, 5.74) is 0.574. The van der Waals surface area contributed by atoms with Gasteiger partial charge in [-0.25, -0.2) is 12.8 Å². The fourth-order valence-corrected chi connectivity index (χ4v) is 4.23. The molecule has 1 amide bonds. The molecule has 1 saturated heterocycles. The van der Waals surface area contributed by atoms with Crippen molar-refractivity contribution in [2.75, 3.05) is 13.1 Å². The maximum atomic E-state index is 13.4. The highest BCUT2D eigenvalue weighted by Gasteiger charge is 2.39. The molecular weight excluding hydrogens is 319 g/mol. The van der Waals surface area contributed by atoms with E-state index in [-0.39, 0.29) is 23.9 Å². The highest BCUT2D eigenvalue weighted by atomic mass is 32.2. The predicted molar refractivity (Wildman–Crippen MR) is 82.5 cm³/mol. The van der Waals surface area contributed by atoms with Crippen molar-refractivity contribution in [2.45, 2.75) is 10.9 Å². The average Bonchev–Trinajstić information content (AvgIpc) is 2.55. The van der Waals surface area contributed by atoms with Gasteiger partial charge in [-0.1, -0.05) is 36.4 Å². The van der Waals surface area contributed by atoms with Crippen LogP contribution in [0.5, 0.6) is 0 Å². The highest BCUT2D eigenvalue weighted by molar-refractivity contribution is 7.89. The lowest BCUT2D eigenvalue weighted by Crippen LogP contribution is -2.52. The van der Waals surface area contributed by atoms with Crippen LogP contribution in [-0.2, 0) is 14.8 Å². The first-order valence-corrected chi connectivity index (χ1v) is 8.54. The fourth-order valence-electron chi connectivity index (χ4n) is 2.62. The summed E-state index contributed by atoms with van der Waals surface area (Å²) in [7, 11) is -3.98. The molecule has 0 aliphatic carbocycles. The molecule has 23 heavy (non-hydrogen) atoms. The Bertz CT molecular complexity index is 824. The topological polar surface area (TPSA) is 66.5 Å². The number of piperazine rings is 1. The molecule has 0 unspecified atom stereocenters. The molecule has 0 radical (unpaired) electrons. The molecular formula is C16H15FN2O3S. The van der Waals surface area contributed by atoms with E-state index < -0.39 is 21.9 Å². The summed E-state index contributed by atoms with van der Waals surface area (Å²) < 4.78 is 40.2. The van der Waals surface area contributed by atoms with Gasteiger partial charge in [0.25, 0.3) is 0 Å². The molecule has 2 aromatic rings. The molecule has 3 rings (SSSR count). The molecule has 0 spiro atoms. The van der Waals surface area contributed by atoms with Crippen LogP contribution in [0.3, 0.4) is 0 Å². The zero-order chi connectivity index (χ0) is 16.4. The number of carbonyl (C=O) groups excluding carboxylic acids is 1. The lowest BCUT2D eigenvalue weighted by Gasteiger charge is -2.34. The number of nitrogens with zero attached hydrogens (tertiary/aromatic N) is 1. The molecule has 1 heterocycles. The van der Waals surface area contributed by atoms with Gasteiger partial charge in [0.15, 0.2) is 0 Å². The molecule has 1 atom stereocenters. The van der Waals surface area contributed by atoms with E-state index >= 15 is 0 Å². The van der Waals surface area contributed by atoms with E-state index in [9.17, 15) is 17.6 Å². The van der Waals surface area contributed by atoms with Gasteiger partial charge in [0.1, 0.15) is 11.9 Å². The largest absolute Gasteiger partial charge is 0.353 e. The van der Waals surface area contributed by atoms with Crippen LogP contribution in [0.15, 0.2) is 59.5 Å². The van der Waals surface area contributed by atoms with Crippen molar-refractivity contribution in [3.63, 3.8) is 0 Å².